The van der Waals surface area contributed by atoms with Crippen molar-refractivity contribution in [1.82, 2.24) is 4.90 Å². The molecule has 2 amide bonds. The monoisotopic (exact) mass is 518 g/mol. The molecule has 39 heavy (non-hydrogen) atoms. The normalized spacial score (nSPS) is 12.3. The van der Waals surface area contributed by atoms with Crippen molar-refractivity contribution in [2.75, 3.05) is 11.9 Å². The highest BCUT2D eigenvalue weighted by molar-refractivity contribution is 5.96. The summed E-state index contributed by atoms with van der Waals surface area (Å²) in [6.07, 6.45) is -0.575. The number of nitrogens with zero attached hydrogens (tertiary/aromatic N) is 1. The van der Waals surface area contributed by atoms with Gasteiger partial charge in [0.25, 0.3) is 0 Å². The Balaban J connectivity index is 1.53. The predicted octanol–water partition coefficient (Wildman–Crippen LogP) is 8.14. The Morgan fingerprint density at radius 1 is 0.718 bits per heavy atom. The van der Waals surface area contributed by atoms with Crippen molar-refractivity contribution in [3.63, 3.8) is 0 Å². The first-order valence-corrected chi connectivity index (χ1v) is 13.5. The van der Waals surface area contributed by atoms with E-state index >= 15 is 0 Å². The Labute approximate surface area is 230 Å². The summed E-state index contributed by atoms with van der Waals surface area (Å²) < 4.78 is 5.80. The summed E-state index contributed by atoms with van der Waals surface area (Å²) in [5.74, 6) is 0.620. The molecule has 0 unspecified atom stereocenters. The lowest BCUT2D eigenvalue weighted by molar-refractivity contribution is -0.117. The molecular formula is C34H34N2O3. The molecule has 1 N–H and O–H groups in total. The lowest BCUT2D eigenvalue weighted by atomic mass is 9.92. The molecule has 0 fully saturated rings. The van der Waals surface area contributed by atoms with E-state index in [0.29, 0.717) is 5.75 Å². The SMILES string of the molecule is CC(C)c1cccc(C(C)C)c1NC(=O)CN(C(=O)Oc1ccccc1)C1c2ccccc2-c2ccccc21. The number of hydrogen-bond acceptors (Lipinski definition) is 3. The third-order valence-corrected chi connectivity index (χ3v) is 7.25. The topological polar surface area (TPSA) is 58.6 Å². The van der Waals surface area contributed by atoms with Crippen molar-refractivity contribution >= 4 is 17.7 Å². The number of ether oxygens (including phenoxy) is 1. The van der Waals surface area contributed by atoms with Gasteiger partial charge in [0.15, 0.2) is 0 Å². The summed E-state index contributed by atoms with van der Waals surface area (Å²) in [5.41, 5.74) is 7.04. The van der Waals surface area contributed by atoms with E-state index in [9.17, 15) is 9.59 Å². The molecule has 5 rings (SSSR count). The molecule has 5 nitrogen and oxygen atoms in total. The first kappa shape index (κ1) is 26.2. The van der Waals surface area contributed by atoms with Crippen LogP contribution >= 0.6 is 0 Å². The van der Waals surface area contributed by atoms with Crippen molar-refractivity contribution in [3.05, 3.63) is 119 Å². The van der Waals surface area contributed by atoms with E-state index in [1.54, 1.807) is 17.0 Å². The van der Waals surface area contributed by atoms with Gasteiger partial charge in [-0.15, -0.1) is 0 Å². The zero-order valence-electron chi connectivity index (χ0n) is 22.8. The van der Waals surface area contributed by atoms with Crippen molar-refractivity contribution in [1.29, 1.82) is 0 Å². The summed E-state index contributed by atoms with van der Waals surface area (Å²) in [4.78, 5) is 29.1. The molecule has 0 saturated heterocycles. The second-order valence-corrected chi connectivity index (χ2v) is 10.6. The Kier molecular flexibility index (Phi) is 7.51. The molecule has 0 saturated carbocycles. The molecule has 0 aromatic heterocycles. The summed E-state index contributed by atoms with van der Waals surface area (Å²) in [7, 11) is 0. The highest BCUT2D eigenvalue weighted by Crippen LogP contribution is 2.46. The van der Waals surface area contributed by atoms with Crippen LogP contribution in [0.15, 0.2) is 97.1 Å². The Morgan fingerprint density at radius 3 is 1.77 bits per heavy atom. The van der Waals surface area contributed by atoms with Crippen molar-refractivity contribution < 1.29 is 14.3 Å². The third kappa shape index (κ3) is 5.30. The van der Waals surface area contributed by atoms with Gasteiger partial charge in [0.05, 0.1) is 6.04 Å². The van der Waals surface area contributed by atoms with Crippen molar-refractivity contribution in [2.24, 2.45) is 0 Å². The van der Waals surface area contributed by atoms with Gasteiger partial charge in [-0.1, -0.05) is 113 Å². The summed E-state index contributed by atoms with van der Waals surface area (Å²) in [5, 5.41) is 3.17. The van der Waals surface area contributed by atoms with E-state index < -0.39 is 12.1 Å². The minimum atomic E-state index is -0.575. The predicted molar refractivity (Wildman–Crippen MR) is 156 cm³/mol. The average molecular weight is 519 g/mol. The summed E-state index contributed by atoms with van der Waals surface area (Å²) in [6.45, 7) is 8.30. The van der Waals surface area contributed by atoms with Gasteiger partial charge in [-0.3, -0.25) is 9.69 Å². The van der Waals surface area contributed by atoms with Gasteiger partial charge in [-0.05, 0) is 57.3 Å². The van der Waals surface area contributed by atoms with Crippen LogP contribution in [0.5, 0.6) is 5.75 Å². The van der Waals surface area contributed by atoms with Crippen LogP contribution in [0.4, 0.5) is 10.5 Å². The van der Waals surface area contributed by atoms with Gasteiger partial charge in [-0.25, -0.2) is 4.79 Å². The number of anilines is 1. The number of amides is 2. The van der Waals surface area contributed by atoms with Gasteiger partial charge in [-0.2, -0.15) is 0 Å². The number of rotatable bonds is 7. The Bertz CT molecular complexity index is 1420. The van der Waals surface area contributed by atoms with Crippen molar-refractivity contribution in [2.45, 2.75) is 45.6 Å². The maximum Gasteiger partial charge on any atom is 0.416 e. The van der Waals surface area contributed by atoms with Crippen LogP contribution in [0, 0.1) is 0 Å². The second kappa shape index (κ2) is 11.2. The molecule has 0 heterocycles. The summed E-state index contributed by atoms with van der Waals surface area (Å²) in [6, 6.07) is 30.7. The summed E-state index contributed by atoms with van der Waals surface area (Å²) >= 11 is 0. The molecule has 0 atom stereocenters. The van der Waals surface area contributed by atoms with Crippen LogP contribution in [0.1, 0.15) is 67.8 Å². The van der Waals surface area contributed by atoms with Crippen LogP contribution in [0.25, 0.3) is 11.1 Å². The molecule has 4 aromatic carbocycles. The maximum atomic E-state index is 13.8. The molecule has 0 aliphatic heterocycles. The van der Waals surface area contributed by atoms with E-state index in [4.69, 9.17) is 4.74 Å². The highest BCUT2D eigenvalue weighted by atomic mass is 16.6. The Morgan fingerprint density at radius 2 is 1.23 bits per heavy atom. The molecule has 198 valence electrons. The van der Waals surface area contributed by atoms with Crippen LogP contribution in [0.3, 0.4) is 0 Å². The number of para-hydroxylation sites is 2. The molecule has 1 aliphatic rings. The first-order valence-electron chi connectivity index (χ1n) is 13.5. The molecule has 0 radical (unpaired) electrons. The largest absolute Gasteiger partial charge is 0.416 e. The minimum absolute atomic E-state index is 0.164. The van der Waals surface area contributed by atoms with Crippen LogP contribution in [0.2, 0.25) is 0 Å². The third-order valence-electron chi connectivity index (χ3n) is 7.25. The molecule has 0 spiro atoms. The number of carbonyl (C=O) groups is 2. The van der Waals surface area contributed by atoms with E-state index in [2.05, 4.69) is 57.3 Å². The zero-order chi connectivity index (χ0) is 27.5. The van der Waals surface area contributed by atoms with Gasteiger partial charge in [0, 0.05) is 5.69 Å². The number of fused-ring (bicyclic) bond motifs is 3. The number of nitrogens with one attached hydrogen (secondary N) is 1. The van der Waals surface area contributed by atoms with Gasteiger partial charge < -0.3 is 10.1 Å². The van der Waals surface area contributed by atoms with E-state index in [-0.39, 0.29) is 24.3 Å². The fraction of sp³-hybridized carbons (Fsp3) is 0.235. The molecule has 0 bridgehead atoms. The standard InChI is InChI=1S/C34H34N2O3/c1-22(2)25-19-12-20-26(23(3)4)32(25)35-31(37)21-36(34(38)39-24-13-6-5-7-14-24)33-29-17-10-8-15-27(29)28-16-9-11-18-30(28)33/h5-20,22-23,33H,21H2,1-4H3,(H,35,37). The molecule has 5 heteroatoms. The maximum absolute atomic E-state index is 13.8. The fourth-order valence-electron chi connectivity index (χ4n) is 5.40. The molecule has 4 aromatic rings. The number of carbonyl (C=O) groups excluding carboxylic acids is 2. The molecule has 1 aliphatic carbocycles. The van der Waals surface area contributed by atoms with Gasteiger partial charge in [0.2, 0.25) is 5.91 Å². The van der Waals surface area contributed by atoms with E-state index in [0.717, 1.165) is 39.1 Å². The lowest BCUT2D eigenvalue weighted by Crippen LogP contribution is -2.42. The van der Waals surface area contributed by atoms with Gasteiger partial charge in [0.1, 0.15) is 12.3 Å². The Hall–Kier alpha value is -4.38. The quantitative estimate of drug-likeness (QED) is 0.269. The highest BCUT2D eigenvalue weighted by Gasteiger charge is 2.37. The van der Waals surface area contributed by atoms with E-state index in [1.165, 1.54) is 0 Å². The van der Waals surface area contributed by atoms with Crippen LogP contribution < -0.4 is 10.1 Å². The first-order chi connectivity index (χ1) is 18.8. The fourth-order valence-corrected chi connectivity index (χ4v) is 5.40. The minimum Gasteiger partial charge on any atom is -0.410 e. The van der Waals surface area contributed by atoms with E-state index in [1.807, 2.05) is 60.7 Å². The number of benzene rings is 4. The second-order valence-electron chi connectivity index (χ2n) is 10.6. The zero-order valence-corrected chi connectivity index (χ0v) is 22.8. The lowest BCUT2D eigenvalue weighted by Gasteiger charge is -2.30. The smallest absolute Gasteiger partial charge is 0.410 e. The van der Waals surface area contributed by atoms with Crippen LogP contribution in [-0.4, -0.2) is 23.4 Å². The van der Waals surface area contributed by atoms with Crippen LogP contribution in [-0.2, 0) is 4.79 Å². The number of hydrogen-bond donors (Lipinski definition) is 1. The van der Waals surface area contributed by atoms with Crippen molar-refractivity contribution in [3.8, 4) is 16.9 Å². The average Bonchev–Trinajstić information content (AvgIpc) is 3.26. The molecular weight excluding hydrogens is 484 g/mol. The van der Waals surface area contributed by atoms with Gasteiger partial charge >= 0.3 is 6.09 Å².